The molecule has 1 aromatic rings. The summed E-state index contributed by atoms with van der Waals surface area (Å²) in [5.41, 5.74) is 11.9. The van der Waals surface area contributed by atoms with E-state index < -0.39 is 0 Å². The molecule has 0 aliphatic carbocycles. The largest absolute Gasteiger partial charge is 0.382 e. The van der Waals surface area contributed by atoms with Gasteiger partial charge in [-0.3, -0.25) is 4.79 Å². The predicted molar refractivity (Wildman–Crippen MR) is 83.2 cm³/mol. The molecular formula is C13H23N5OS. The maximum Gasteiger partial charge on any atom is 0.267 e. The van der Waals surface area contributed by atoms with Gasteiger partial charge in [0, 0.05) is 32.2 Å². The number of nitrogens with zero attached hydrogens (tertiary/aromatic N) is 3. The van der Waals surface area contributed by atoms with Crippen molar-refractivity contribution < 1.29 is 4.79 Å². The van der Waals surface area contributed by atoms with Gasteiger partial charge in [0.15, 0.2) is 5.13 Å². The van der Waals surface area contributed by atoms with Gasteiger partial charge in [-0.05, 0) is 26.7 Å². The van der Waals surface area contributed by atoms with Crippen LogP contribution in [0.3, 0.4) is 0 Å². The van der Waals surface area contributed by atoms with Gasteiger partial charge in [0.05, 0.1) is 0 Å². The van der Waals surface area contributed by atoms with Crippen molar-refractivity contribution in [3.05, 3.63) is 4.88 Å². The highest BCUT2D eigenvalue weighted by atomic mass is 32.1. The van der Waals surface area contributed by atoms with Crippen LogP contribution in [0.4, 0.5) is 10.9 Å². The van der Waals surface area contributed by atoms with E-state index in [-0.39, 0.29) is 11.9 Å². The Morgan fingerprint density at radius 3 is 2.80 bits per heavy atom. The van der Waals surface area contributed by atoms with Crippen LogP contribution < -0.4 is 16.4 Å². The first kappa shape index (κ1) is 15.1. The predicted octanol–water partition coefficient (Wildman–Crippen LogP) is 1.13. The molecule has 1 unspecified atom stereocenters. The maximum absolute atomic E-state index is 12.4. The first-order chi connectivity index (χ1) is 9.56. The van der Waals surface area contributed by atoms with Gasteiger partial charge in [-0.2, -0.15) is 0 Å². The Labute approximate surface area is 123 Å². The number of nitrogens with two attached hydrogens (primary N) is 2. The molecule has 112 valence electrons. The Bertz CT molecular complexity index is 471. The van der Waals surface area contributed by atoms with E-state index in [4.69, 9.17) is 11.5 Å². The third-order valence-corrected chi connectivity index (χ3v) is 4.74. The lowest BCUT2D eigenvalue weighted by Crippen LogP contribution is -2.42. The van der Waals surface area contributed by atoms with Gasteiger partial charge >= 0.3 is 0 Å². The molecule has 1 aliphatic heterocycles. The molecule has 7 heteroatoms. The third-order valence-electron chi connectivity index (χ3n) is 3.62. The van der Waals surface area contributed by atoms with Crippen molar-refractivity contribution in [1.29, 1.82) is 0 Å². The maximum atomic E-state index is 12.4. The van der Waals surface area contributed by atoms with E-state index in [0.29, 0.717) is 23.8 Å². The first-order valence-electron chi connectivity index (χ1n) is 7.12. The van der Waals surface area contributed by atoms with E-state index in [9.17, 15) is 4.79 Å². The SMILES string of the molecule is CCN(CC)C(=O)c1sc(N2CCCC(N)C2)nc1N. The third kappa shape index (κ3) is 3.04. The van der Waals surface area contributed by atoms with Gasteiger partial charge in [0.1, 0.15) is 10.7 Å². The standard InChI is InChI=1S/C13H23N5OS/c1-3-17(4-2)12(19)10-11(15)16-13(20-10)18-7-5-6-9(14)8-18/h9H,3-8,14-15H2,1-2H3. The summed E-state index contributed by atoms with van der Waals surface area (Å²) in [4.78, 5) is 21.2. The van der Waals surface area contributed by atoms with E-state index in [1.807, 2.05) is 13.8 Å². The van der Waals surface area contributed by atoms with E-state index >= 15 is 0 Å². The molecule has 1 fully saturated rings. The number of carbonyl (C=O) groups excluding carboxylic acids is 1. The Morgan fingerprint density at radius 1 is 1.50 bits per heavy atom. The summed E-state index contributed by atoms with van der Waals surface area (Å²) in [7, 11) is 0. The number of aromatic nitrogens is 1. The Kier molecular flexibility index (Phi) is 4.82. The van der Waals surface area contributed by atoms with Crippen LogP contribution in [0.2, 0.25) is 0 Å². The molecule has 20 heavy (non-hydrogen) atoms. The van der Waals surface area contributed by atoms with Crippen LogP contribution >= 0.6 is 11.3 Å². The summed E-state index contributed by atoms with van der Waals surface area (Å²) in [6, 6.07) is 0.177. The number of carbonyl (C=O) groups is 1. The minimum Gasteiger partial charge on any atom is -0.382 e. The zero-order chi connectivity index (χ0) is 14.7. The van der Waals surface area contributed by atoms with E-state index in [1.54, 1.807) is 4.90 Å². The van der Waals surface area contributed by atoms with Gasteiger partial charge < -0.3 is 21.3 Å². The van der Waals surface area contributed by atoms with Crippen molar-refractivity contribution in [3.63, 3.8) is 0 Å². The van der Waals surface area contributed by atoms with E-state index in [0.717, 1.165) is 31.1 Å². The fourth-order valence-corrected chi connectivity index (χ4v) is 3.43. The second-order valence-electron chi connectivity index (χ2n) is 5.04. The lowest BCUT2D eigenvalue weighted by atomic mass is 10.1. The molecular weight excluding hydrogens is 274 g/mol. The second-order valence-corrected chi connectivity index (χ2v) is 6.01. The highest BCUT2D eigenvalue weighted by Gasteiger charge is 2.24. The summed E-state index contributed by atoms with van der Waals surface area (Å²) in [6.07, 6.45) is 2.10. The fourth-order valence-electron chi connectivity index (χ4n) is 2.45. The zero-order valence-electron chi connectivity index (χ0n) is 12.1. The topological polar surface area (TPSA) is 88.5 Å². The van der Waals surface area contributed by atoms with Crippen LogP contribution in [-0.2, 0) is 0 Å². The molecule has 0 spiro atoms. The minimum absolute atomic E-state index is 0.0300. The molecule has 0 radical (unpaired) electrons. The van der Waals surface area contributed by atoms with Crippen molar-refractivity contribution in [2.75, 3.05) is 36.8 Å². The number of nitrogen functional groups attached to an aromatic ring is 1. The molecule has 2 heterocycles. The lowest BCUT2D eigenvalue weighted by Gasteiger charge is -2.30. The van der Waals surface area contributed by atoms with Crippen LogP contribution in [-0.4, -0.2) is 48.0 Å². The highest BCUT2D eigenvalue weighted by molar-refractivity contribution is 7.18. The van der Waals surface area contributed by atoms with Crippen LogP contribution in [0.15, 0.2) is 0 Å². The smallest absolute Gasteiger partial charge is 0.267 e. The van der Waals surface area contributed by atoms with Crippen LogP contribution in [0.5, 0.6) is 0 Å². The van der Waals surface area contributed by atoms with Crippen molar-refractivity contribution >= 4 is 28.2 Å². The monoisotopic (exact) mass is 297 g/mol. The average molecular weight is 297 g/mol. The molecule has 0 bridgehead atoms. The highest BCUT2D eigenvalue weighted by Crippen LogP contribution is 2.30. The van der Waals surface area contributed by atoms with Crippen LogP contribution in [0, 0.1) is 0 Å². The Balaban J connectivity index is 2.18. The van der Waals surface area contributed by atoms with E-state index in [2.05, 4.69) is 9.88 Å². The first-order valence-corrected chi connectivity index (χ1v) is 7.94. The number of amides is 1. The van der Waals surface area contributed by atoms with Gasteiger partial charge in [-0.1, -0.05) is 11.3 Å². The van der Waals surface area contributed by atoms with Gasteiger partial charge in [-0.15, -0.1) is 0 Å². The minimum atomic E-state index is -0.0300. The van der Waals surface area contributed by atoms with Crippen molar-refractivity contribution in [1.82, 2.24) is 9.88 Å². The Morgan fingerprint density at radius 2 is 2.20 bits per heavy atom. The van der Waals surface area contributed by atoms with Gasteiger partial charge in [0.2, 0.25) is 0 Å². The summed E-state index contributed by atoms with van der Waals surface area (Å²) >= 11 is 1.38. The lowest BCUT2D eigenvalue weighted by molar-refractivity contribution is 0.0778. The number of piperidine rings is 1. The quantitative estimate of drug-likeness (QED) is 0.870. The molecule has 0 saturated carbocycles. The zero-order valence-corrected chi connectivity index (χ0v) is 12.9. The fraction of sp³-hybridized carbons (Fsp3) is 0.692. The molecule has 1 atom stereocenters. The summed E-state index contributed by atoms with van der Waals surface area (Å²) < 4.78 is 0. The van der Waals surface area contributed by atoms with Crippen LogP contribution in [0.25, 0.3) is 0 Å². The number of anilines is 2. The molecule has 0 aromatic carbocycles. The van der Waals surface area contributed by atoms with Crippen molar-refractivity contribution in [2.45, 2.75) is 32.7 Å². The number of hydrogen-bond donors (Lipinski definition) is 2. The molecule has 1 saturated heterocycles. The average Bonchev–Trinajstić information content (AvgIpc) is 2.82. The molecule has 4 N–H and O–H groups in total. The van der Waals surface area contributed by atoms with Crippen molar-refractivity contribution in [2.24, 2.45) is 5.73 Å². The number of rotatable bonds is 4. The molecule has 1 amide bonds. The summed E-state index contributed by atoms with van der Waals surface area (Å²) in [5.74, 6) is 0.304. The van der Waals surface area contributed by atoms with E-state index in [1.165, 1.54) is 11.3 Å². The van der Waals surface area contributed by atoms with Crippen LogP contribution in [0.1, 0.15) is 36.4 Å². The summed E-state index contributed by atoms with van der Waals surface area (Å²) in [5, 5.41) is 0.813. The van der Waals surface area contributed by atoms with Gasteiger partial charge in [0.25, 0.3) is 5.91 Å². The second kappa shape index (κ2) is 6.41. The Hall–Kier alpha value is -1.34. The molecule has 2 rings (SSSR count). The summed E-state index contributed by atoms with van der Waals surface area (Å²) in [6.45, 7) is 6.99. The number of thiazole rings is 1. The molecule has 1 aliphatic rings. The molecule has 6 nitrogen and oxygen atoms in total. The van der Waals surface area contributed by atoms with Gasteiger partial charge in [-0.25, -0.2) is 4.98 Å². The van der Waals surface area contributed by atoms with Crippen molar-refractivity contribution in [3.8, 4) is 0 Å². The molecule has 1 aromatic heterocycles. The normalized spacial score (nSPS) is 19.1. The number of hydrogen-bond acceptors (Lipinski definition) is 6.